The first-order valence-corrected chi connectivity index (χ1v) is 6.27. The van der Waals surface area contributed by atoms with Crippen LogP contribution >= 0.6 is 0 Å². The van der Waals surface area contributed by atoms with Gasteiger partial charge in [0.1, 0.15) is 5.75 Å². The Morgan fingerprint density at radius 1 is 1.00 bits per heavy atom. The normalized spacial score (nSPS) is 16.6. The lowest BCUT2D eigenvalue weighted by molar-refractivity contribution is 0.414. The SMILES string of the molecule is COc1ccc(CC2C=Cc3ccccc32)cc1. The van der Waals surface area contributed by atoms with Crippen molar-refractivity contribution in [2.75, 3.05) is 7.11 Å². The number of allylic oxidation sites excluding steroid dienone is 1. The quantitative estimate of drug-likeness (QED) is 0.781. The molecule has 2 aromatic rings. The van der Waals surface area contributed by atoms with Gasteiger partial charge >= 0.3 is 0 Å². The number of ether oxygens (including phenoxy) is 1. The molecule has 0 saturated carbocycles. The maximum absolute atomic E-state index is 5.18. The van der Waals surface area contributed by atoms with Crippen LogP contribution in [0.4, 0.5) is 0 Å². The van der Waals surface area contributed by atoms with E-state index in [1.54, 1.807) is 7.11 Å². The average molecular weight is 236 g/mol. The predicted molar refractivity (Wildman–Crippen MR) is 74.9 cm³/mol. The van der Waals surface area contributed by atoms with Crippen LogP contribution in [-0.4, -0.2) is 7.11 Å². The Balaban J connectivity index is 1.80. The van der Waals surface area contributed by atoms with Crippen LogP contribution in [-0.2, 0) is 6.42 Å². The molecule has 1 nitrogen and oxygen atoms in total. The highest BCUT2D eigenvalue weighted by Gasteiger charge is 2.16. The van der Waals surface area contributed by atoms with Gasteiger partial charge in [0.15, 0.2) is 0 Å². The summed E-state index contributed by atoms with van der Waals surface area (Å²) in [6.07, 6.45) is 5.58. The second-order valence-corrected chi connectivity index (χ2v) is 4.65. The van der Waals surface area contributed by atoms with E-state index in [1.807, 2.05) is 12.1 Å². The monoisotopic (exact) mass is 236 g/mol. The summed E-state index contributed by atoms with van der Waals surface area (Å²) in [5.41, 5.74) is 4.14. The molecule has 0 amide bonds. The molecule has 18 heavy (non-hydrogen) atoms. The van der Waals surface area contributed by atoms with Gasteiger partial charge in [0.05, 0.1) is 7.11 Å². The molecule has 0 bridgehead atoms. The van der Waals surface area contributed by atoms with Crippen LogP contribution < -0.4 is 4.74 Å². The van der Waals surface area contributed by atoms with E-state index in [0.29, 0.717) is 5.92 Å². The van der Waals surface area contributed by atoms with E-state index in [0.717, 1.165) is 12.2 Å². The summed E-state index contributed by atoms with van der Waals surface area (Å²) in [6, 6.07) is 17.0. The number of hydrogen-bond donors (Lipinski definition) is 0. The van der Waals surface area contributed by atoms with Gasteiger partial charge < -0.3 is 4.74 Å². The molecule has 0 aromatic heterocycles. The summed E-state index contributed by atoms with van der Waals surface area (Å²) in [6.45, 7) is 0. The zero-order valence-corrected chi connectivity index (χ0v) is 10.5. The molecule has 1 aliphatic rings. The second-order valence-electron chi connectivity index (χ2n) is 4.65. The van der Waals surface area contributed by atoms with Crippen molar-refractivity contribution in [3.8, 4) is 5.75 Å². The van der Waals surface area contributed by atoms with Gasteiger partial charge in [-0.25, -0.2) is 0 Å². The Hall–Kier alpha value is -2.02. The first kappa shape index (κ1) is 11.1. The molecule has 2 aromatic carbocycles. The predicted octanol–water partition coefficient (Wildman–Crippen LogP) is 4.05. The van der Waals surface area contributed by atoms with Gasteiger partial charge in [0.2, 0.25) is 0 Å². The van der Waals surface area contributed by atoms with E-state index in [-0.39, 0.29) is 0 Å². The number of methoxy groups -OCH3 is 1. The lowest BCUT2D eigenvalue weighted by Gasteiger charge is -2.11. The van der Waals surface area contributed by atoms with Crippen molar-refractivity contribution in [2.45, 2.75) is 12.3 Å². The summed E-state index contributed by atoms with van der Waals surface area (Å²) >= 11 is 0. The topological polar surface area (TPSA) is 9.23 Å². The van der Waals surface area contributed by atoms with Crippen LogP contribution in [0.5, 0.6) is 5.75 Å². The summed E-state index contributed by atoms with van der Waals surface area (Å²) in [7, 11) is 1.70. The van der Waals surface area contributed by atoms with Gasteiger partial charge in [-0.2, -0.15) is 0 Å². The van der Waals surface area contributed by atoms with Crippen molar-refractivity contribution >= 4 is 6.08 Å². The Morgan fingerprint density at radius 3 is 2.56 bits per heavy atom. The third-order valence-corrected chi connectivity index (χ3v) is 3.52. The van der Waals surface area contributed by atoms with Crippen LogP contribution in [0, 0.1) is 0 Å². The fraction of sp³-hybridized carbons (Fsp3) is 0.176. The van der Waals surface area contributed by atoms with Gasteiger partial charge in [-0.05, 0) is 35.2 Å². The number of fused-ring (bicyclic) bond motifs is 1. The summed E-state index contributed by atoms with van der Waals surface area (Å²) in [4.78, 5) is 0. The summed E-state index contributed by atoms with van der Waals surface area (Å²) in [5, 5.41) is 0. The van der Waals surface area contributed by atoms with Crippen LogP contribution in [0.25, 0.3) is 6.08 Å². The minimum Gasteiger partial charge on any atom is -0.497 e. The molecule has 0 fully saturated rings. The fourth-order valence-electron chi connectivity index (χ4n) is 2.52. The third kappa shape index (κ3) is 2.04. The lowest BCUT2D eigenvalue weighted by atomic mass is 9.94. The Labute approximate surface area is 108 Å². The fourth-order valence-corrected chi connectivity index (χ4v) is 2.52. The van der Waals surface area contributed by atoms with Gasteiger partial charge in [-0.1, -0.05) is 48.6 Å². The van der Waals surface area contributed by atoms with Gasteiger partial charge in [0.25, 0.3) is 0 Å². The number of hydrogen-bond acceptors (Lipinski definition) is 1. The lowest BCUT2D eigenvalue weighted by Crippen LogP contribution is -1.98. The molecule has 1 atom stereocenters. The van der Waals surface area contributed by atoms with Crippen molar-refractivity contribution in [1.29, 1.82) is 0 Å². The van der Waals surface area contributed by atoms with E-state index in [2.05, 4.69) is 48.6 Å². The Bertz CT molecular complexity index is 566. The third-order valence-electron chi connectivity index (χ3n) is 3.52. The highest BCUT2D eigenvalue weighted by Crippen LogP contribution is 2.32. The highest BCUT2D eigenvalue weighted by atomic mass is 16.5. The maximum Gasteiger partial charge on any atom is 0.118 e. The highest BCUT2D eigenvalue weighted by molar-refractivity contribution is 5.62. The van der Waals surface area contributed by atoms with Crippen LogP contribution in [0.3, 0.4) is 0 Å². The van der Waals surface area contributed by atoms with Crippen molar-refractivity contribution in [1.82, 2.24) is 0 Å². The van der Waals surface area contributed by atoms with Crippen molar-refractivity contribution in [3.63, 3.8) is 0 Å². The molecule has 1 unspecified atom stereocenters. The van der Waals surface area contributed by atoms with Crippen LogP contribution in [0.15, 0.2) is 54.6 Å². The van der Waals surface area contributed by atoms with Gasteiger partial charge in [-0.15, -0.1) is 0 Å². The van der Waals surface area contributed by atoms with Crippen molar-refractivity contribution in [3.05, 3.63) is 71.3 Å². The molecule has 0 heterocycles. The van der Waals surface area contributed by atoms with E-state index >= 15 is 0 Å². The zero-order valence-electron chi connectivity index (χ0n) is 10.5. The van der Waals surface area contributed by atoms with E-state index < -0.39 is 0 Å². The van der Waals surface area contributed by atoms with Gasteiger partial charge in [-0.3, -0.25) is 0 Å². The second kappa shape index (κ2) is 4.69. The van der Waals surface area contributed by atoms with E-state index in [1.165, 1.54) is 16.7 Å². The zero-order chi connectivity index (χ0) is 12.4. The molecule has 0 aliphatic heterocycles. The molecular formula is C17H16O. The van der Waals surface area contributed by atoms with Crippen molar-refractivity contribution < 1.29 is 4.74 Å². The summed E-state index contributed by atoms with van der Waals surface area (Å²) in [5.74, 6) is 1.43. The molecule has 0 radical (unpaired) electrons. The van der Waals surface area contributed by atoms with E-state index in [9.17, 15) is 0 Å². The molecule has 90 valence electrons. The first-order chi connectivity index (χ1) is 8.86. The molecule has 0 saturated heterocycles. The number of rotatable bonds is 3. The van der Waals surface area contributed by atoms with Crippen molar-refractivity contribution in [2.24, 2.45) is 0 Å². The molecular weight excluding hydrogens is 220 g/mol. The number of benzene rings is 2. The minimum atomic E-state index is 0.509. The Kier molecular flexibility index (Phi) is 2.89. The van der Waals surface area contributed by atoms with Gasteiger partial charge in [0, 0.05) is 5.92 Å². The average Bonchev–Trinajstić information content (AvgIpc) is 2.83. The standard InChI is InChI=1S/C17H16O/c1-18-16-10-6-13(7-11-16)12-15-9-8-14-4-2-3-5-17(14)15/h2-11,15H,12H2,1H3. The molecule has 3 rings (SSSR count). The molecule has 0 spiro atoms. The first-order valence-electron chi connectivity index (χ1n) is 6.27. The Morgan fingerprint density at radius 2 is 1.78 bits per heavy atom. The minimum absolute atomic E-state index is 0.509. The largest absolute Gasteiger partial charge is 0.497 e. The summed E-state index contributed by atoms with van der Waals surface area (Å²) < 4.78 is 5.18. The van der Waals surface area contributed by atoms with E-state index in [4.69, 9.17) is 4.74 Å². The van der Waals surface area contributed by atoms with Crippen LogP contribution in [0.1, 0.15) is 22.6 Å². The smallest absolute Gasteiger partial charge is 0.118 e. The van der Waals surface area contributed by atoms with Crippen LogP contribution in [0.2, 0.25) is 0 Å². The molecule has 1 aliphatic carbocycles. The molecule has 1 heteroatoms. The molecule has 0 N–H and O–H groups in total. The maximum atomic E-state index is 5.18.